The van der Waals surface area contributed by atoms with Crippen molar-refractivity contribution in [3.8, 4) is 11.5 Å². The number of nitrogens with zero attached hydrogens (tertiary/aromatic N) is 3. The lowest BCUT2D eigenvalue weighted by molar-refractivity contribution is 0.354. The fraction of sp³-hybridized carbons (Fsp3) is 0.190. The van der Waals surface area contributed by atoms with Gasteiger partial charge in [-0.3, -0.25) is 9.36 Å². The third-order valence-corrected chi connectivity index (χ3v) is 5.64. The van der Waals surface area contributed by atoms with Gasteiger partial charge in [-0.1, -0.05) is 47.1 Å². The first-order valence-electron chi connectivity index (χ1n) is 9.10. The predicted molar refractivity (Wildman–Crippen MR) is 125 cm³/mol. The summed E-state index contributed by atoms with van der Waals surface area (Å²) < 4.78 is 12.1. The van der Waals surface area contributed by atoms with Gasteiger partial charge in [-0.2, -0.15) is 0 Å². The van der Waals surface area contributed by atoms with Crippen molar-refractivity contribution in [3.05, 3.63) is 75.0 Å². The minimum Gasteiger partial charge on any atom is -0.493 e. The molecule has 0 bridgehead atoms. The molecule has 0 atom stereocenters. The minimum absolute atomic E-state index is 0.0654. The van der Waals surface area contributed by atoms with E-state index >= 15 is 0 Å². The number of thioether (sulfide) groups is 1. The zero-order valence-electron chi connectivity index (χ0n) is 16.9. The molecule has 3 aromatic rings. The summed E-state index contributed by atoms with van der Waals surface area (Å²) in [6.45, 7) is 4.02. The summed E-state index contributed by atoms with van der Waals surface area (Å²) in [6, 6.07) is 10.5. The predicted octanol–water partition coefficient (Wildman–Crippen LogP) is 5.18. The van der Waals surface area contributed by atoms with Crippen LogP contribution >= 0.6 is 35.0 Å². The lowest BCUT2D eigenvalue weighted by atomic mass is 10.2. The number of aromatic nitrogens is 3. The number of methoxy groups -OCH3 is 2. The Morgan fingerprint density at radius 3 is 2.45 bits per heavy atom. The Kier molecular flexibility index (Phi) is 7.84. The highest BCUT2D eigenvalue weighted by Gasteiger charge is 2.14. The standard InChI is InChI=1S/C21H20Cl2N4O3S/c1-4-7-27-20(28)19(24-16-10-14(22)9-15(23)11-16)25-26-21(27)31-12-13-5-6-17(29-2)18(8-13)30-3/h4-6,8-11H,1,7,12H2,2-3H3,(H,24,25). The average Bonchev–Trinajstić information content (AvgIpc) is 2.75. The molecule has 1 aromatic heterocycles. The first-order valence-corrected chi connectivity index (χ1v) is 10.8. The highest BCUT2D eigenvalue weighted by Crippen LogP contribution is 2.30. The third kappa shape index (κ3) is 5.72. The topological polar surface area (TPSA) is 78.3 Å². The molecule has 0 radical (unpaired) electrons. The molecule has 10 heteroatoms. The minimum atomic E-state index is -0.333. The summed E-state index contributed by atoms with van der Waals surface area (Å²) in [6.07, 6.45) is 1.63. The number of anilines is 2. The molecular formula is C21H20Cl2N4O3S. The Labute approximate surface area is 194 Å². The molecule has 0 unspecified atom stereocenters. The fourth-order valence-corrected chi connectivity index (χ4v) is 4.17. The van der Waals surface area contributed by atoms with Crippen LogP contribution < -0.4 is 20.3 Å². The molecule has 1 N–H and O–H groups in total. The molecule has 1 heterocycles. The van der Waals surface area contributed by atoms with E-state index in [1.807, 2.05) is 18.2 Å². The van der Waals surface area contributed by atoms with Crippen LogP contribution in [0.2, 0.25) is 10.0 Å². The molecule has 0 saturated carbocycles. The third-order valence-electron chi connectivity index (χ3n) is 4.17. The maximum Gasteiger partial charge on any atom is 0.297 e. The van der Waals surface area contributed by atoms with Gasteiger partial charge in [0.1, 0.15) is 0 Å². The summed E-state index contributed by atoms with van der Waals surface area (Å²) >= 11 is 13.4. The maximum absolute atomic E-state index is 13.0. The molecule has 0 aliphatic carbocycles. The van der Waals surface area contributed by atoms with Crippen LogP contribution in [0, 0.1) is 0 Å². The van der Waals surface area contributed by atoms with Crippen LogP contribution in [0.5, 0.6) is 11.5 Å². The smallest absolute Gasteiger partial charge is 0.297 e. The normalized spacial score (nSPS) is 10.6. The van der Waals surface area contributed by atoms with Gasteiger partial charge in [-0.05, 0) is 35.9 Å². The van der Waals surface area contributed by atoms with Gasteiger partial charge in [0.2, 0.25) is 5.82 Å². The SMILES string of the molecule is C=CCn1c(SCc2ccc(OC)c(OC)c2)nnc(Nc2cc(Cl)cc(Cl)c2)c1=O. The molecule has 0 aliphatic heterocycles. The lowest BCUT2D eigenvalue weighted by Gasteiger charge is -2.13. The number of ether oxygens (including phenoxy) is 2. The summed E-state index contributed by atoms with van der Waals surface area (Å²) in [5, 5.41) is 12.6. The number of halogens is 2. The van der Waals surface area contributed by atoms with Gasteiger partial charge in [0, 0.05) is 28.0 Å². The Morgan fingerprint density at radius 2 is 1.81 bits per heavy atom. The lowest BCUT2D eigenvalue weighted by Crippen LogP contribution is -2.26. The van der Waals surface area contributed by atoms with E-state index in [9.17, 15) is 4.79 Å². The molecule has 7 nitrogen and oxygen atoms in total. The molecule has 0 aliphatic rings. The van der Waals surface area contributed by atoms with E-state index in [2.05, 4.69) is 22.1 Å². The molecule has 2 aromatic carbocycles. The Bertz CT molecular complexity index is 1130. The number of benzene rings is 2. The van der Waals surface area contributed by atoms with Gasteiger partial charge in [0.15, 0.2) is 16.7 Å². The van der Waals surface area contributed by atoms with Crippen molar-refractivity contribution in [1.82, 2.24) is 14.8 Å². The Balaban J connectivity index is 1.85. The first-order chi connectivity index (χ1) is 14.9. The van der Waals surface area contributed by atoms with E-state index in [0.29, 0.717) is 38.1 Å². The Hall–Kier alpha value is -2.68. The number of nitrogens with one attached hydrogen (secondary N) is 1. The molecule has 0 spiro atoms. The second kappa shape index (κ2) is 10.6. The van der Waals surface area contributed by atoms with Crippen LogP contribution in [0.4, 0.5) is 11.5 Å². The second-order valence-corrected chi connectivity index (χ2v) is 8.11. The van der Waals surface area contributed by atoms with E-state index in [0.717, 1.165) is 5.56 Å². The van der Waals surface area contributed by atoms with Gasteiger partial charge < -0.3 is 14.8 Å². The zero-order valence-corrected chi connectivity index (χ0v) is 19.2. The molecule has 3 rings (SSSR count). The summed E-state index contributed by atoms with van der Waals surface area (Å²) in [7, 11) is 3.17. The van der Waals surface area contributed by atoms with Crippen LogP contribution in [0.1, 0.15) is 5.56 Å². The van der Waals surface area contributed by atoms with Crippen LogP contribution in [-0.4, -0.2) is 29.0 Å². The Morgan fingerprint density at radius 1 is 1.10 bits per heavy atom. The fourth-order valence-electron chi connectivity index (χ4n) is 2.76. The van der Waals surface area contributed by atoms with Gasteiger partial charge >= 0.3 is 0 Å². The number of hydrogen-bond donors (Lipinski definition) is 1. The van der Waals surface area contributed by atoms with Crippen molar-refractivity contribution in [1.29, 1.82) is 0 Å². The molecule has 0 fully saturated rings. The van der Waals surface area contributed by atoms with E-state index in [1.54, 1.807) is 38.5 Å². The summed E-state index contributed by atoms with van der Waals surface area (Å²) in [5.74, 6) is 1.91. The quantitative estimate of drug-likeness (QED) is 0.335. The monoisotopic (exact) mass is 478 g/mol. The van der Waals surface area contributed by atoms with Crippen molar-refractivity contribution < 1.29 is 9.47 Å². The molecule has 31 heavy (non-hydrogen) atoms. The summed E-state index contributed by atoms with van der Waals surface area (Å²) in [4.78, 5) is 13.0. The molecule has 0 saturated heterocycles. The van der Waals surface area contributed by atoms with Crippen LogP contribution in [0.3, 0.4) is 0 Å². The van der Waals surface area contributed by atoms with Gasteiger partial charge in [-0.15, -0.1) is 16.8 Å². The largest absolute Gasteiger partial charge is 0.493 e. The first kappa shape index (κ1) is 23.0. The highest BCUT2D eigenvalue weighted by atomic mass is 35.5. The second-order valence-electron chi connectivity index (χ2n) is 6.30. The van der Waals surface area contributed by atoms with Gasteiger partial charge in [-0.25, -0.2) is 0 Å². The molecular weight excluding hydrogens is 459 g/mol. The van der Waals surface area contributed by atoms with Crippen molar-refractivity contribution in [2.45, 2.75) is 17.5 Å². The van der Waals surface area contributed by atoms with Crippen molar-refractivity contribution in [2.75, 3.05) is 19.5 Å². The van der Waals surface area contributed by atoms with Crippen molar-refractivity contribution in [3.63, 3.8) is 0 Å². The highest BCUT2D eigenvalue weighted by molar-refractivity contribution is 7.98. The summed E-state index contributed by atoms with van der Waals surface area (Å²) in [5.41, 5.74) is 1.19. The zero-order chi connectivity index (χ0) is 22.4. The van der Waals surface area contributed by atoms with E-state index in [4.69, 9.17) is 32.7 Å². The average molecular weight is 479 g/mol. The van der Waals surface area contributed by atoms with E-state index < -0.39 is 0 Å². The number of hydrogen-bond acceptors (Lipinski definition) is 7. The maximum atomic E-state index is 13.0. The number of rotatable bonds is 9. The van der Waals surface area contributed by atoms with Crippen molar-refractivity contribution in [2.24, 2.45) is 0 Å². The van der Waals surface area contributed by atoms with Gasteiger partial charge in [0.25, 0.3) is 5.56 Å². The molecule has 0 amide bonds. The van der Waals surface area contributed by atoms with Crippen LogP contribution in [0.25, 0.3) is 0 Å². The molecule has 162 valence electrons. The van der Waals surface area contributed by atoms with Crippen molar-refractivity contribution >= 4 is 46.5 Å². The van der Waals surface area contributed by atoms with E-state index in [1.165, 1.54) is 16.3 Å². The van der Waals surface area contributed by atoms with Crippen LogP contribution in [-0.2, 0) is 12.3 Å². The number of allylic oxidation sites excluding steroid dienone is 1. The van der Waals surface area contributed by atoms with E-state index in [-0.39, 0.29) is 17.9 Å². The van der Waals surface area contributed by atoms with Gasteiger partial charge in [0.05, 0.1) is 14.2 Å². The van der Waals surface area contributed by atoms with Crippen LogP contribution in [0.15, 0.2) is 59.0 Å².